The average molecular weight is 1710 g/mol. The highest BCUT2D eigenvalue weighted by Crippen LogP contribution is 2.16. The molecular weight excluding hydrogens is 1580 g/mol. The summed E-state index contributed by atoms with van der Waals surface area (Å²) in [6, 6.07) is -15.8. The molecule has 0 aromatic heterocycles. The molecule has 0 heterocycles. The normalized spacial score (nSPS) is 15.8. The summed E-state index contributed by atoms with van der Waals surface area (Å²) >= 11 is 1.36. The molecule has 0 saturated carbocycles. The van der Waals surface area contributed by atoms with Crippen molar-refractivity contribution in [1.29, 1.82) is 0 Å². The van der Waals surface area contributed by atoms with Crippen molar-refractivity contribution in [2.24, 2.45) is 46.6 Å². The maximum absolute atomic E-state index is 14.3. The fraction of sp³-hybridized carbons (Fsp3) is 0.684. The van der Waals surface area contributed by atoms with E-state index >= 15 is 0 Å². The highest BCUT2D eigenvalue weighted by atomic mass is 32.2. The number of hydrogen-bond acceptors (Lipinski definition) is 25. The number of hydrogen-bond donors (Lipinski definition) is 24. The first kappa shape index (κ1) is 107. The lowest BCUT2D eigenvalue weighted by molar-refractivity contribution is -0.142. The third-order valence-corrected chi connectivity index (χ3v) is 19.6. The van der Waals surface area contributed by atoms with Crippen LogP contribution in [0.2, 0.25) is 0 Å². The minimum absolute atomic E-state index is 0.0375. The number of aliphatic hydroxyl groups excluding tert-OH is 3. The zero-order valence-electron chi connectivity index (χ0n) is 70.0. The van der Waals surface area contributed by atoms with E-state index in [1.165, 1.54) is 67.2 Å². The van der Waals surface area contributed by atoms with Crippen LogP contribution >= 0.6 is 11.8 Å². The van der Waals surface area contributed by atoms with Crippen molar-refractivity contribution in [3.8, 4) is 0 Å². The number of aliphatic hydroxyl groups is 3. The van der Waals surface area contributed by atoms with Gasteiger partial charge in [-0.2, -0.15) is 11.8 Å². The standard InChI is InChI=1S/C76H129N19O23S/c1-14-40(8)60(75(116)92-53(35-96)70(111)82-41(9)62(103)91-54(36-97)71(112)89-50(32-37(2)3)68(109)87-49(76(117)118)28-31-119-13)95-65(106)47(25-19-21-30-78)86-74(115)59(39(6)7)93-63(104)43(11)81-67(108)52(34-55(79)99)88-61(102)42(10)83-73(114)58(38(4)5)94-66(107)48(26-27-56(100)101)85-64(105)46(24-18-20-29-77)84-69(110)51(33-45-22-16-15-17-23-45)90-72(113)57(80)44(12)98/h15-17,22-23,37-44,46-54,57-60,96-98H,14,18-21,24-36,77-78,80H2,1-13H3,(H2,79,99)(H,81,108)(H,82,111)(H,83,114)(H,84,110)(H,85,105)(H,86,115)(H,87,109)(H,88,102)(H,89,112)(H,90,113)(H,91,103)(H,92,116)(H,93,104)(H,94,107)(H,95,106)(H,100,101)(H,117,118)/t40-,41-,42-,43-,44+,46-,47-,48-,49-,50-,51-,52-,53-,54-,57-,58-,59-,60-/m0/s1. The van der Waals surface area contributed by atoms with Crippen molar-refractivity contribution in [3.63, 3.8) is 0 Å². The van der Waals surface area contributed by atoms with E-state index < -0.39 is 259 Å². The molecule has 0 aliphatic heterocycles. The number of carbonyl (C=O) groups is 18. The molecule has 119 heavy (non-hydrogen) atoms. The third-order valence-electron chi connectivity index (χ3n) is 19.0. The van der Waals surface area contributed by atoms with Crippen LogP contribution in [-0.2, 0) is 92.7 Å². The van der Waals surface area contributed by atoms with Gasteiger partial charge >= 0.3 is 11.9 Å². The second-order valence-electron chi connectivity index (χ2n) is 30.3. The number of nitrogens with one attached hydrogen (secondary N) is 15. The first-order valence-electron chi connectivity index (χ1n) is 39.7. The number of primary amides is 1. The summed E-state index contributed by atoms with van der Waals surface area (Å²) in [4.78, 5) is 244. The second-order valence-corrected chi connectivity index (χ2v) is 31.3. The number of benzene rings is 1. The molecule has 1 aromatic rings. The van der Waals surface area contributed by atoms with Gasteiger partial charge in [0, 0.05) is 12.8 Å². The smallest absolute Gasteiger partial charge is 0.326 e. The van der Waals surface area contributed by atoms with Gasteiger partial charge in [0.1, 0.15) is 96.7 Å². The molecule has 0 saturated heterocycles. The van der Waals surface area contributed by atoms with Crippen LogP contribution in [-0.4, -0.2) is 273 Å². The lowest BCUT2D eigenvalue weighted by Crippen LogP contribution is -2.62. The van der Waals surface area contributed by atoms with E-state index in [1.54, 1.807) is 64.3 Å². The van der Waals surface area contributed by atoms with Crippen molar-refractivity contribution >= 4 is 118 Å². The highest BCUT2D eigenvalue weighted by molar-refractivity contribution is 7.98. The van der Waals surface area contributed by atoms with Gasteiger partial charge in [-0.25, -0.2) is 4.79 Å². The van der Waals surface area contributed by atoms with E-state index in [2.05, 4.69) is 79.8 Å². The SMILES string of the molecule is CC[C@H](C)[C@H](NC(=O)[C@H](CCCCN)NC(=O)[C@@H](NC(=O)[C@H](C)NC(=O)[C@H](CC(N)=O)NC(=O)[C@H](C)NC(=O)[C@@H](NC(=O)[C@H](CCC(=O)O)NC(=O)[C@H](CCCCN)NC(=O)[C@H](Cc1ccccc1)NC(=O)[C@@H](N)[C@@H](C)O)C(C)C)C(C)C)C(=O)N[C@@H](CO)C(=O)N[C@@H](C)C(=O)N[C@@H](CO)C(=O)N[C@@H](CC(C)C)C(=O)N[C@@H](CCSC)C(=O)O. The largest absolute Gasteiger partial charge is 0.481 e. The fourth-order valence-electron chi connectivity index (χ4n) is 11.5. The molecule has 0 radical (unpaired) electrons. The first-order chi connectivity index (χ1) is 55.8. The van der Waals surface area contributed by atoms with Gasteiger partial charge in [-0.3, -0.25) is 81.5 Å². The van der Waals surface area contributed by atoms with Gasteiger partial charge < -0.3 is 128 Å². The molecule has 43 heteroatoms. The summed E-state index contributed by atoms with van der Waals surface area (Å²) < 4.78 is 0. The summed E-state index contributed by atoms with van der Waals surface area (Å²) in [5, 5.41) is 86.4. The molecule has 0 bridgehead atoms. The molecule has 1 aromatic carbocycles. The Morgan fingerprint density at radius 1 is 0.403 bits per heavy atom. The first-order valence-corrected chi connectivity index (χ1v) is 41.1. The Morgan fingerprint density at radius 2 is 0.756 bits per heavy atom. The number of rotatable bonds is 58. The van der Waals surface area contributed by atoms with Crippen LogP contribution in [0.3, 0.4) is 0 Å². The molecule has 0 aliphatic rings. The summed E-state index contributed by atoms with van der Waals surface area (Å²) in [7, 11) is 0. The number of carboxylic acid groups (broad SMARTS) is 2. The van der Waals surface area contributed by atoms with Gasteiger partial charge in [0.05, 0.1) is 25.7 Å². The minimum atomic E-state index is -1.82. The Labute approximate surface area is 697 Å². The molecule has 0 fully saturated rings. The zero-order valence-corrected chi connectivity index (χ0v) is 70.9. The van der Waals surface area contributed by atoms with Gasteiger partial charge in [-0.15, -0.1) is 0 Å². The fourth-order valence-corrected chi connectivity index (χ4v) is 12.0. The maximum atomic E-state index is 14.3. The molecule has 42 nitrogen and oxygen atoms in total. The number of carbonyl (C=O) groups excluding carboxylic acids is 16. The molecule has 18 atom stereocenters. The average Bonchev–Trinajstić information content (AvgIpc) is 0.854. The summed E-state index contributed by atoms with van der Waals surface area (Å²) in [6.45, 7) is 15.9. The number of carboxylic acids is 2. The van der Waals surface area contributed by atoms with Crippen molar-refractivity contribution in [3.05, 3.63) is 35.9 Å². The van der Waals surface area contributed by atoms with Crippen LogP contribution in [0.15, 0.2) is 30.3 Å². The number of unbranched alkanes of at least 4 members (excludes halogenated alkanes) is 2. The predicted molar refractivity (Wildman–Crippen MR) is 436 cm³/mol. The van der Waals surface area contributed by atoms with E-state index in [4.69, 9.17) is 22.9 Å². The predicted octanol–water partition coefficient (Wildman–Crippen LogP) is -6.51. The molecule has 0 unspecified atom stereocenters. The van der Waals surface area contributed by atoms with Crippen LogP contribution in [0, 0.1) is 23.7 Å². The van der Waals surface area contributed by atoms with Gasteiger partial charge in [-0.05, 0) is 140 Å². The van der Waals surface area contributed by atoms with Crippen LogP contribution in [0.4, 0.5) is 0 Å². The van der Waals surface area contributed by atoms with E-state index in [1.807, 2.05) is 0 Å². The Balaban J connectivity index is 3.36. The Morgan fingerprint density at radius 3 is 1.19 bits per heavy atom. The lowest BCUT2D eigenvalue weighted by Gasteiger charge is -2.30. The molecule has 0 spiro atoms. The molecule has 672 valence electrons. The third kappa shape index (κ3) is 39.5. The van der Waals surface area contributed by atoms with Crippen LogP contribution < -0.4 is 103 Å². The second kappa shape index (κ2) is 55.5. The van der Waals surface area contributed by atoms with Gasteiger partial charge in [0.2, 0.25) is 94.5 Å². The molecule has 1 rings (SSSR count). The summed E-state index contributed by atoms with van der Waals surface area (Å²) in [6.07, 6.45) is -0.306. The van der Waals surface area contributed by atoms with E-state index in [0.29, 0.717) is 24.2 Å². The summed E-state index contributed by atoms with van der Waals surface area (Å²) in [5.74, 6) is -20.7. The van der Waals surface area contributed by atoms with Crippen LogP contribution in [0.1, 0.15) is 166 Å². The van der Waals surface area contributed by atoms with Crippen molar-refractivity contribution < 1.29 is 112 Å². The van der Waals surface area contributed by atoms with Crippen molar-refractivity contribution in [2.75, 3.05) is 38.3 Å². The quantitative estimate of drug-likeness (QED) is 0.0270. The van der Waals surface area contributed by atoms with Gasteiger partial charge in [0.25, 0.3) is 0 Å². The molecule has 28 N–H and O–H groups in total. The van der Waals surface area contributed by atoms with E-state index in [9.17, 15) is 112 Å². The monoisotopic (exact) mass is 1710 g/mol. The summed E-state index contributed by atoms with van der Waals surface area (Å²) in [5.41, 5.74) is 23.4. The van der Waals surface area contributed by atoms with E-state index in [0.717, 1.165) is 0 Å². The van der Waals surface area contributed by atoms with Gasteiger partial charge in [0.15, 0.2) is 0 Å². The Kier molecular flexibility index (Phi) is 49.8. The number of aliphatic carboxylic acids is 2. The minimum Gasteiger partial charge on any atom is -0.481 e. The molecular formula is C76H129N19O23S. The van der Waals surface area contributed by atoms with Crippen molar-refractivity contribution in [1.82, 2.24) is 79.8 Å². The number of amides is 16. The van der Waals surface area contributed by atoms with Crippen LogP contribution in [0.5, 0.6) is 0 Å². The number of nitrogens with two attached hydrogens (primary N) is 4. The van der Waals surface area contributed by atoms with Crippen LogP contribution in [0.25, 0.3) is 0 Å². The van der Waals surface area contributed by atoms with E-state index in [-0.39, 0.29) is 70.4 Å². The van der Waals surface area contributed by atoms with Gasteiger partial charge in [-0.1, -0.05) is 92.1 Å². The Hall–Kier alpha value is -10.2. The highest BCUT2D eigenvalue weighted by Gasteiger charge is 2.40. The topological polar surface area (TPSA) is 693 Å². The molecule has 0 aliphatic carbocycles. The van der Waals surface area contributed by atoms with Crippen molar-refractivity contribution in [2.45, 2.75) is 269 Å². The zero-order chi connectivity index (χ0) is 90.7. The molecule has 16 amide bonds. The lowest BCUT2D eigenvalue weighted by atomic mass is 9.96. The number of thioether (sulfide) groups is 1. The Bertz CT molecular complexity index is 3550. The maximum Gasteiger partial charge on any atom is 0.326 e.